The molecule has 36 heavy (non-hydrogen) atoms. The van der Waals surface area contributed by atoms with Crippen LogP contribution in [0.15, 0.2) is 47.3 Å². The third-order valence-electron chi connectivity index (χ3n) is 6.71. The number of nitrogens with zero attached hydrogens (tertiary/aromatic N) is 1. The van der Waals surface area contributed by atoms with Gasteiger partial charge in [0, 0.05) is 49.8 Å². The molecular weight excluding hydrogens is 507 g/mol. The van der Waals surface area contributed by atoms with E-state index < -0.39 is 22.9 Å². The molecule has 2 aromatic carbocycles. The summed E-state index contributed by atoms with van der Waals surface area (Å²) in [6.45, 7) is 1.67. The van der Waals surface area contributed by atoms with E-state index in [2.05, 4.69) is 15.6 Å². The van der Waals surface area contributed by atoms with Crippen molar-refractivity contribution in [2.75, 3.05) is 32.8 Å². The van der Waals surface area contributed by atoms with Crippen molar-refractivity contribution in [3.63, 3.8) is 0 Å². The largest absolute Gasteiger partial charge is 0.508 e. The molecule has 11 heteroatoms. The van der Waals surface area contributed by atoms with Crippen LogP contribution in [0.5, 0.6) is 5.75 Å². The van der Waals surface area contributed by atoms with E-state index in [0.29, 0.717) is 41.2 Å². The van der Waals surface area contributed by atoms with Crippen LogP contribution in [0.1, 0.15) is 22.3 Å². The van der Waals surface area contributed by atoms with Gasteiger partial charge in [-0.05, 0) is 42.3 Å². The van der Waals surface area contributed by atoms with E-state index in [1.54, 1.807) is 18.2 Å². The first kappa shape index (κ1) is 24.6. The summed E-state index contributed by atoms with van der Waals surface area (Å²) >= 11 is 12.5. The molecule has 0 saturated carbocycles. The fraction of sp³-hybridized carbons (Fsp3) is 0.320. The van der Waals surface area contributed by atoms with E-state index in [1.807, 2.05) is 0 Å². The van der Waals surface area contributed by atoms with Crippen LogP contribution >= 0.6 is 23.2 Å². The van der Waals surface area contributed by atoms with Gasteiger partial charge in [-0.1, -0.05) is 29.3 Å². The number of carbonyl (C=O) groups is 2. The van der Waals surface area contributed by atoms with Gasteiger partial charge in [-0.25, -0.2) is 0 Å². The molecule has 1 aromatic heterocycles. The molecule has 0 radical (unpaired) electrons. The number of aromatic nitrogens is 1. The van der Waals surface area contributed by atoms with Gasteiger partial charge >= 0.3 is 0 Å². The Morgan fingerprint density at radius 3 is 2.69 bits per heavy atom. The molecule has 2 unspecified atom stereocenters. The molecular formula is C25H24Cl2N4O5. The number of aromatic hydroxyl groups is 1. The summed E-state index contributed by atoms with van der Waals surface area (Å²) in [5.41, 5.74) is -1.02. The SMILES string of the molecule is O=C(c1cc(=O)[nH]c2ccc(O)cc12)N1CCNCC1(C(=O)NCC1CCO1)c1ccc(Cl)c(Cl)c1. The second-order valence-corrected chi connectivity index (χ2v) is 9.71. The number of piperazine rings is 1. The van der Waals surface area contributed by atoms with E-state index in [-0.39, 0.29) is 35.5 Å². The van der Waals surface area contributed by atoms with Crippen molar-refractivity contribution in [2.45, 2.75) is 18.1 Å². The van der Waals surface area contributed by atoms with Crippen LogP contribution in [0.2, 0.25) is 10.0 Å². The highest BCUT2D eigenvalue weighted by Crippen LogP contribution is 2.36. The average molecular weight is 531 g/mol. The van der Waals surface area contributed by atoms with Gasteiger partial charge in [-0.15, -0.1) is 0 Å². The highest BCUT2D eigenvalue weighted by molar-refractivity contribution is 6.42. The van der Waals surface area contributed by atoms with Gasteiger partial charge in [0.05, 0.1) is 21.7 Å². The number of ether oxygens (including phenoxy) is 1. The van der Waals surface area contributed by atoms with Crippen LogP contribution in [-0.2, 0) is 15.1 Å². The molecule has 2 aliphatic rings. The van der Waals surface area contributed by atoms with E-state index in [1.165, 1.54) is 29.2 Å². The number of hydrogen-bond acceptors (Lipinski definition) is 6. The lowest BCUT2D eigenvalue weighted by molar-refractivity contribution is -0.135. The van der Waals surface area contributed by atoms with E-state index in [9.17, 15) is 19.5 Å². The minimum Gasteiger partial charge on any atom is -0.508 e. The first-order chi connectivity index (χ1) is 17.3. The van der Waals surface area contributed by atoms with Crippen LogP contribution < -0.4 is 16.2 Å². The van der Waals surface area contributed by atoms with Crippen LogP contribution in [0, 0.1) is 0 Å². The molecule has 2 saturated heterocycles. The molecule has 0 bridgehead atoms. The quantitative estimate of drug-likeness (QED) is 0.401. The van der Waals surface area contributed by atoms with Crippen molar-refractivity contribution in [3.8, 4) is 5.75 Å². The van der Waals surface area contributed by atoms with Gasteiger partial charge in [0.25, 0.3) is 11.8 Å². The zero-order chi connectivity index (χ0) is 25.4. The molecule has 2 aliphatic heterocycles. The molecule has 188 valence electrons. The van der Waals surface area contributed by atoms with Crippen molar-refractivity contribution in [1.82, 2.24) is 20.5 Å². The molecule has 2 amide bonds. The average Bonchev–Trinajstić information content (AvgIpc) is 2.84. The number of pyridine rings is 1. The Morgan fingerprint density at radius 2 is 1.97 bits per heavy atom. The van der Waals surface area contributed by atoms with Gasteiger partial charge in [0.2, 0.25) is 5.56 Å². The fourth-order valence-corrected chi connectivity index (χ4v) is 5.03. The highest BCUT2D eigenvalue weighted by Gasteiger charge is 2.50. The topological polar surface area (TPSA) is 124 Å². The fourth-order valence-electron chi connectivity index (χ4n) is 4.73. The lowest BCUT2D eigenvalue weighted by atomic mass is 9.84. The number of halogens is 2. The smallest absolute Gasteiger partial charge is 0.255 e. The second kappa shape index (κ2) is 9.74. The minimum atomic E-state index is -1.49. The van der Waals surface area contributed by atoms with Gasteiger partial charge in [-0.3, -0.25) is 14.4 Å². The van der Waals surface area contributed by atoms with E-state index >= 15 is 0 Å². The summed E-state index contributed by atoms with van der Waals surface area (Å²) in [6.07, 6.45) is 0.753. The first-order valence-corrected chi connectivity index (χ1v) is 12.3. The lowest BCUT2D eigenvalue weighted by Crippen LogP contribution is -2.67. The number of H-pyrrole nitrogens is 1. The van der Waals surface area contributed by atoms with Crippen molar-refractivity contribution < 1.29 is 19.4 Å². The number of phenolic OH excluding ortho intramolecular Hbond substituents is 1. The standard InChI is InChI=1S/C25H24Cl2N4O5/c26-19-3-1-14(9-20(19)27)25(24(35)29-12-16-5-8-36-16)13-28-6-7-31(25)23(34)18-11-22(33)30-21-4-2-15(32)10-17(18)21/h1-4,9-11,16,28,32H,5-8,12-13H2,(H,29,35)(H,30,33). The Kier molecular flexibility index (Phi) is 6.65. The Morgan fingerprint density at radius 1 is 1.17 bits per heavy atom. The van der Waals surface area contributed by atoms with Crippen molar-refractivity contribution >= 4 is 45.9 Å². The third kappa shape index (κ3) is 4.32. The van der Waals surface area contributed by atoms with E-state index in [4.69, 9.17) is 27.9 Å². The predicted molar refractivity (Wildman–Crippen MR) is 136 cm³/mol. The number of phenols is 1. The van der Waals surface area contributed by atoms with E-state index in [0.717, 1.165) is 6.42 Å². The van der Waals surface area contributed by atoms with Crippen molar-refractivity contribution in [2.24, 2.45) is 0 Å². The Hall–Kier alpha value is -3.11. The summed E-state index contributed by atoms with van der Waals surface area (Å²) in [4.78, 5) is 44.6. The number of hydrogen-bond donors (Lipinski definition) is 4. The highest BCUT2D eigenvalue weighted by atomic mass is 35.5. The molecule has 2 fully saturated rings. The monoisotopic (exact) mass is 530 g/mol. The van der Waals surface area contributed by atoms with Gasteiger partial charge in [-0.2, -0.15) is 0 Å². The molecule has 3 aromatic rings. The maximum absolute atomic E-state index is 14.1. The number of carbonyl (C=O) groups excluding carboxylic acids is 2. The van der Waals surface area contributed by atoms with Crippen molar-refractivity contribution in [1.29, 1.82) is 0 Å². The normalized spacial score (nSPS) is 21.7. The molecule has 4 N–H and O–H groups in total. The van der Waals surface area contributed by atoms with Crippen molar-refractivity contribution in [3.05, 3.63) is 74.0 Å². The Labute approximate surface area is 216 Å². The third-order valence-corrected chi connectivity index (χ3v) is 7.45. The predicted octanol–water partition coefficient (Wildman–Crippen LogP) is 2.39. The molecule has 0 spiro atoms. The maximum atomic E-state index is 14.1. The zero-order valence-electron chi connectivity index (χ0n) is 19.1. The molecule has 5 rings (SSSR count). The van der Waals surface area contributed by atoms with Crippen LogP contribution in [-0.4, -0.2) is 65.7 Å². The Bertz CT molecular complexity index is 1410. The van der Waals surface area contributed by atoms with Gasteiger partial charge < -0.3 is 30.4 Å². The van der Waals surface area contributed by atoms with Crippen LogP contribution in [0.3, 0.4) is 0 Å². The molecule has 3 heterocycles. The van der Waals surface area contributed by atoms with Crippen LogP contribution in [0.4, 0.5) is 0 Å². The number of aromatic amines is 1. The number of fused-ring (bicyclic) bond motifs is 1. The molecule has 9 nitrogen and oxygen atoms in total. The second-order valence-electron chi connectivity index (χ2n) is 8.89. The van der Waals surface area contributed by atoms with Crippen LogP contribution in [0.25, 0.3) is 10.9 Å². The summed E-state index contributed by atoms with van der Waals surface area (Å²) in [6, 6.07) is 10.4. The summed E-state index contributed by atoms with van der Waals surface area (Å²) < 4.78 is 5.45. The lowest BCUT2D eigenvalue weighted by Gasteiger charge is -2.46. The molecule has 0 aliphatic carbocycles. The summed E-state index contributed by atoms with van der Waals surface area (Å²) in [5, 5.41) is 17.2. The Balaban J connectivity index is 1.64. The summed E-state index contributed by atoms with van der Waals surface area (Å²) in [5.74, 6) is -0.994. The minimum absolute atomic E-state index is 0.0575. The maximum Gasteiger partial charge on any atom is 0.255 e. The summed E-state index contributed by atoms with van der Waals surface area (Å²) in [7, 11) is 0. The van der Waals surface area contributed by atoms with Gasteiger partial charge in [0.15, 0.2) is 5.54 Å². The number of nitrogens with one attached hydrogen (secondary N) is 3. The number of amides is 2. The number of rotatable bonds is 5. The number of benzene rings is 2. The van der Waals surface area contributed by atoms with Gasteiger partial charge in [0.1, 0.15) is 5.75 Å². The zero-order valence-corrected chi connectivity index (χ0v) is 20.7. The molecule has 2 atom stereocenters. The first-order valence-electron chi connectivity index (χ1n) is 11.5.